The minimum Gasteiger partial charge on any atom is -0.456 e. The molecule has 0 spiro atoms. The predicted molar refractivity (Wildman–Crippen MR) is 470 cm³/mol. The van der Waals surface area contributed by atoms with Gasteiger partial charge in [-0.25, -0.2) is 14.1 Å². The second kappa shape index (κ2) is 26.7. The van der Waals surface area contributed by atoms with Gasteiger partial charge < -0.3 is 32.4 Å². The summed E-state index contributed by atoms with van der Waals surface area (Å²) in [7, 11) is 6.45. The summed E-state index contributed by atoms with van der Waals surface area (Å²) in [5.41, 5.74) is 24.1. The topological polar surface area (TPSA) is 88.6 Å². The van der Waals surface area contributed by atoms with Crippen molar-refractivity contribution < 1.29 is 31.5 Å². The molecule has 3 aliphatic rings. The highest BCUT2D eigenvalue weighted by molar-refractivity contribution is 7.21. The molecule has 18 aromatic rings. The fourth-order valence-electron chi connectivity index (χ4n) is 20.6. The van der Waals surface area contributed by atoms with Gasteiger partial charge in [0.05, 0.1) is 69.4 Å². The van der Waals surface area contributed by atoms with E-state index in [9.17, 15) is 0 Å². The lowest BCUT2D eigenvalue weighted by Gasteiger charge is -2.41. The normalized spacial score (nSPS) is 15.8. The molecule has 15 heteroatoms. The Morgan fingerprint density at radius 2 is 0.693 bits per heavy atom. The number of thiazole rings is 1. The van der Waals surface area contributed by atoms with Crippen molar-refractivity contribution in [3.8, 4) is 0 Å². The number of aryl methyl sites for hydroxylation is 5. The summed E-state index contributed by atoms with van der Waals surface area (Å²) >= 11 is 1.85. The van der Waals surface area contributed by atoms with Gasteiger partial charge in [0.1, 0.15) is 46.1 Å². The standard InChI is InChI=1S/C35H37N4O.C32H30N3O2.C32H30N3OS/c1-22(2)39-27-16-10-8-14-25(27)34(36(39)7)37-24(4)38(29-18-12-11-17-28(29)37)35(5,6)33-23(3)20-21-31-32(33)26-15-9-13-19-30(26)40-31;1-20-18-19-28-29(22-12-6-10-16-26(22)36-28)30(20)32(3,4)35-21(2)34(23-13-7-8-14-24(23)35)31-33(5)25-15-9-11-17-27(25)37-31;1-20-18-19-27-29(22-12-6-10-16-26(22)36-27)30(20)32(3,4)35-21(2)34(23-13-7-8-14-24(23)35)31-33(5)25-15-9-11-17-28(25)37-31/h8-22,24H,1-7H3;2*6-19,21H,1-5H3/q3*+1/t24-;2*21-/m111/s1. The summed E-state index contributed by atoms with van der Waals surface area (Å²) in [5, 5.41) is 9.64. The number of furan rings is 3. The van der Waals surface area contributed by atoms with E-state index in [2.05, 4.69) is 390 Å². The molecule has 6 aromatic heterocycles. The fraction of sp³-hybridized carbons (Fsp3) is 0.242. The molecule has 0 fully saturated rings. The highest BCUT2D eigenvalue weighted by Gasteiger charge is 2.54. The zero-order chi connectivity index (χ0) is 78.9. The third kappa shape index (κ3) is 10.7. The molecular weight excluding hydrogens is 1430 g/mol. The molecular formula is C99H97N10O4S+3. The van der Waals surface area contributed by atoms with E-state index in [-0.39, 0.29) is 35.1 Å². The lowest BCUT2D eigenvalue weighted by Crippen LogP contribution is -2.52. The molecule has 14 nitrogen and oxygen atoms in total. The minimum absolute atomic E-state index is 0.00647. The molecule has 0 radical (unpaired) electrons. The summed E-state index contributed by atoms with van der Waals surface area (Å²) in [6.45, 7) is 32.2. The van der Waals surface area contributed by atoms with Crippen molar-refractivity contribution in [2.45, 2.75) is 138 Å². The maximum absolute atomic E-state index is 6.46. The maximum Gasteiger partial charge on any atom is 0.464 e. The van der Waals surface area contributed by atoms with E-state index >= 15 is 0 Å². The highest BCUT2D eigenvalue weighted by Crippen LogP contribution is 2.56. The van der Waals surface area contributed by atoms with Gasteiger partial charge in [-0.1, -0.05) is 146 Å². The number of aromatic nitrogens is 4. The van der Waals surface area contributed by atoms with Crippen LogP contribution in [0.25, 0.3) is 98.0 Å². The maximum atomic E-state index is 6.46. The predicted octanol–water partition coefficient (Wildman–Crippen LogP) is 24.4. The van der Waals surface area contributed by atoms with Crippen LogP contribution in [0.5, 0.6) is 0 Å². The van der Waals surface area contributed by atoms with Gasteiger partial charge in [0.25, 0.3) is 0 Å². The molecule has 12 aromatic carbocycles. The van der Waals surface area contributed by atoms with E-state index in [0.29, 0.717) is 6.04 Å². The van der Waals surface area contributed by atoms with Crippen molar-refractivity contribution in [2.24, 2.45) is 21.1 Å². The van der Waals surface area contributed by atoms with Gasteiger partial charge in [-0.15, -0.1) is 0 Å². The van der Waals surface area contributed by atoms with Crippen molar-refractivity contribution in [3.63, 3.8) is 0 Å². The number of rotatable bonds is 10. The number of hydrogen-bond donors (Lipinski definition) is 0. The van der Waals surface area contributed by atoms with E-state index in [1.807, 2.05) is 41.7 Å². The Balaban J connectivity index is 0.000000115. The van der Waals surface area contributed by atoms with Crippen molar-refractivity contribution in [1.82, 2.24) is 4.68 Å². The number of para-hydroxylation sites is 13. The van der Waals surface area contributed by atoms with Crippen molar-refractivity contribution in [2.75, 3.05) is 29.4 Å². The van der Waals surface area contributed by atoms with E-state index in [1.165, 1.54) is 121 Å². The van der Waals surface area contributed by atoms with Crippen molar-refractivity contribution in [1.29, 1.82) is 0 Å². The van der Waals surface area contributed by atoms with Crippen LogP contribution in [0, 0.1) is 20.8 Å². The summed E-state index contributed by atoms with van der Waals surface area (Å²) in [5.74, 6) is 1.21. The second-order valence-electron chi connectivity index (χ2n) is 33.1. The molecule has 0 amide bonds. The number of oxazole rings is 1. The van der Waals surface area contributed by atoms with Crippen LogP contribution in [0.15, 0.2) is 272 Å². The van der Waals surface area contributed by atoms with Crippen molar-refractivity contribution in [3.05, 3.63) is 288 Å². The van der Waals surface area contributed by atoms with Crippen LogP contribution < -0.4 is 43.2 Å². The average molecular weight is 1520 g/mol. The molecule has 114 heavy (non-hydrogen) atoms. The summed E-state index contributed by atoms with van der Waals surface area (Å²) < 4.78 is 35.9. The number of benzene rings is 12. The molecule has 3 atom stereocenters. The lowest BCUT2D eigenvalue weighted by molar-refractivity contribution is -0.741. The van der Waals surface area contributed by atoms with Crippen LogP contribution in [-0.2, 0) is 37.8 Å². The van der Waals surface area contributed by atoms with Crippen LogP contribution in [0.2, 0.25) is 0 Å². The number of anilines is 9. The summed E-state index contributed by atoms with van der Waals surface area (Å²) in [6.07, 6.45) is 0.185. The molecule has 0 saturated carbocycles. The molecule has 0 aliphatic carbocycles. The van der Waals surface area contributed by atoms with E-state index in [1.54, 1.807) is 0 Å². The number of hydrogen-bond acceptors (Lipinski definition) is 11. The second-order valence-corrected chi connectivity index (χ2v) is 34.1. The van der Waals surface area contributed by atoms with Gasteiger partial charge in [-0.2, -0.15) is 19.0 Å². The first-order chi connectivity index (χ1) is 55.0. The van der Waals surface area contributed by atoms with Crippen LogP contribution >= 0.6 is 11.3 Å². The van der Waals surface area contributed by atoms with Gasteiger partial charge in [0, 0.05) is 32.3 Å². The van der Waals surface area contributed by atoms with E-state index in [4.69, 9.17) is 17.7 Å². The monoisotopic (exact) mass is 1520 g/mol. The third-order valence-electron chi connectivity index (χ3n) is 24.9. The lowest BCUT2D eigenvalue weighted by atomic mass is 9.84. The Hall–Kier alpha value is -12.3. The van der Waals surface area contributed by atoms with Gasteiger partial charge in [0.2, 0.25) is 0 Å². The SMILES string of the molecule is Cc1ccc2oc3ccccc3c2c1C(C)(C)N1c2ccccc2N(c2c3ccccc3n(C(C)C)[n+]2C)[C@H]1C.Cc1ccc2oc3ccccc3c2c1C(C)(C)N1c2ccccc2N(c2oc3ccccc3[n+]2C)[C@H]1C.Cc1ccc2oc3ccccc3c2c1C(C)(C)N1c2ccccc2N(c2sc3ccccc3[n+]2C)[C@H]1C. The number of nitrogens with zero attached hydrogens (tertiary/aromatic N) is 10. The third-order valence-corrected chi connectivity index (χ3v) is 26.1. The first-order valence-electron chi connectivity index (χ1n) is 40.0. The van der Waals surface area contributed by atoms with Crippen molar-refractivity contribution >= 4 is 160 Å². The van der Waals surface area contributed by atoms with Gasteiger partial charge in [0.15, 0.2) is 46.7 Å². The molecule has 0 unspecified atom stereocenters. The van der Waals surface area contributed by atoms with Gasteiger partial charge >= 0.3 is 17.0 Å². The molecule has 3 aliphatic heterocycles. The summed E-state index contributed by atoms with van der Waals surface area (Å²) in [6, 6.07) is 91.3. The number of fused-ring (bicyclic) bond motifs is 15. The Labute approximate surface area is 669 Å². The first kappa shape index (κ1) is 71.9. The molecule has 21 rings (SSSR count). The van der Waals surface area contributed by atoms with E-state index in [0.717, 1.165) is 61.7 Å². The molecule has 0 N–H and O–H groups in total. The molecule has 0 bridgehead atoms. The fourth-order valence-corrected chi connectivity index (χ4v) is 21.8. The Bertz CT molecular complexity index is 6610. The Morgan fingerprint density at radius 3 is 1.13 bits per heavy atom. The van der Waals surface area contributed by atoms with Crippen LogP contribution in [0.3, 0.4) is 0 Å². The Morgan fingerprint density at radius 1 is 0.342 bits per heavy atom. The van der Waals surface area contributed by atoms with E-state index < -0.39 is 0 Å². The Kier molecular flexibility index (Phi) is 16.8. The van der Waals surface area contributed by atoms with Crippen LogP contribution in [-0.4, -0.2) is 23.2 Å². The van der Waals surface area contributed by atoms with Crippen LogP contribution in [0.1, 0.15) is 116 Å². The van der Waals surface area contributed by atoms with Gasteiger partial charge in [-0.3, -0.25) is 0 Å². The highest BCUT2D eigenvalue weighted by atomic mass is 32.1. The average Bonchev–Trinajstić information content (AvgIpc) is 1.56. The quantitative estimate of drug-likeness (QED) is 0.123. The summed E-state index contributed by atoms with van der Waals surface area (Å²) in [4.78, 5) is 15.1. The van der Waals surface area contributed by atoms with Gasteiger partial charge in [-0.05, 0) is 251 Å². The smallest absolute Gasteiger partial charge is 0.456 e. The molecule has 0 saturated heterocycles. The zero-order valence-electron chi connectivity index (χ0n) is 68.1. The first-order valence-corrected chi connectivity index (χ1v) is 40.8. The largest absolute Gasteiger partial charge is 0.464 e. The minimum atomic E-state index is -0.356. The van der Waals surface area contributed by atoms with Crippen LogP contribution in [0.4, 0.5) is 51.1 Å². The molecule has 570 valence electrons. The molecule has 9 heterocycles. The zero-order valence-corrected chi connectivity index (χ0v) is 68.9.